The standard InChI is InChI=1S/C14H13N5/c1-2-4-13(19-8-7-16-11-19)12(3-1)9-17-14-5-6-15-10-18-14/h1-8,10-11H,9H2,(H,15,17,18). The molecule has 0 aliphatic rings. The second kappa shape index (κ2) is 5.30. The number of anilines is 1. The summed E-state index contributed by atoms with van der Waals surface area (Å²) in [5.41, 5.74) is 2.29. The van der Waals surface area contributed by atoms with Crippen molar-refractivity contribution in [1.29, 1.82) is 0 Å². The molecule has 3 aromatic rings. The minimum absolute atomic E-state index is 0.700. The van der Waals surface area contributed by atoms with Crippen LogP contribution in [-0.4, -0.2) is 19.5 Å². The lowest BCUT2D eigenvalue weighted by Gasteiger charge is -2.11. The minimum atomic E-state index is 0.700. The van der Waals surface area contributed by atoms with Crippen LogP contribution < -0.4 is 5.32 Å². The number of hydrogen-bond acceptors (Lipinski definition) is 4. The zero-order valence-electron chi connectivity index (χ0n) is 10.3. The summed E-state index contributed by atoms with van der Waals surface area (Å²) >= 11 is 0. The van der Waals surface area contributed by atoms with Crippen LogP contribution in [0.5, 0.6) is 0 Å². The molecule has 0 unspecified atom stereocenters. The molecule has 0 bridgehead atoms. The van der Waals surface area contributed by atoms with E-state index in [0.29, 0.717) is 6.54 Å². The van der Waals surface area contributed by atoms with Crippen LogP contribution in [-0.2, 0) is 6.54 Å². The van der Waals surface area contributed by atoms with E-state index in [4.69, 9.17) is 0 Å². The van der Waals surface area contributed by atoms with Gasteiger partial charge >= 0.3 is 0 Å². The van der Waals surface area contributed by atoms with Crippen molar-refractivity contribution >= 4 is 5.82 Å². The first kappa shape index (κ1) is 11.4. The molecule has 19 heavy (non-hydrogen) atoms. The average Bonchev–Trinajstić information content (AvgIpc) is 3.01. The summed E-state index contributed by atoms with van der Waals surface area (Å²) in [6, 6.07) is 10.0. The number of nitrogens with one attached hydrogen (secondary N) is 1. The van der Waals surface area contributed by atoms with Gasteiger partial charge in [0.1, 0.15) is 12.1 Å². The van der Waals surface area contributed by atoms with Gasteiger partial charge in [-0.1, -0.05) is 18.2 Å². The second-order valence-electron chi connectivity index (χ2n) is 4.05. The summed E-state index contributed by atoms with van der Waals surface area (Å²) in [5, 5.41) is 3.28. The molecule has 0 saturated carbocycles. The van der Waals surface area contributed by atoms with E-state index in [1.807, 2.05) is 29.0 Å². The lowest BCUT2D eigenvalue weighted by atomic mass is 10.1. The summed E-state index contributed by atoms with van der Waals surface area (Å²) < 4.78 is 2.00. The Balaban J connectivity index is 1.82. The number of para-hydroxylation sites is 1. The third-order valence-corrected chi connectivity index (χ3v) is 2.82. The van der Waals surface area contributed by atoms with Gasteiger partial charge in [0.05, 0.1) is 12.0 Å². The molecule has 0 amide bonds. The van der Waals surface area contributed by atoms with E-state index in [1.165, 1.54) is 11.9 Å². The quantitative estimate of drug-likeness (QED) is 0.773. The normalized spacial score (nSPS) is 10.3. The molecular weight excluding hydrogens is 238 g/mol. The largest absolute Gasteiger partial charge is 0.366 e. The maximum atomic E-state index is 4.14. The SMILES string of the molecule is c1ccc(-n2ccnc2)c(CNc2ccncn2)c1. The van der Waals surface area contributed by atoms with E-state index in [1.54, 1.807) is 18.7 Å². The maximum absolute atomic E-state index is 4.14. The number of rotatable bonds is 4. The number of imidazole rings is 1. The molecule has 0 atom stereocenters. The van der Waals surface area contributed by atoms with Crippen LogP contribution in [0.4, 0.5) is 5.82 Å². The fourth-order valence-corrected chi connectivity index (χ4v) is 1.89. The second-order valence-corrected chi connectivity index (χ2v) is 4.05. The first-order valence-corrected chi connectivity index (χ1v) is 5.99. The van der Waals surface area contributed by atoms with Gasteiger partial charge in [0, 0.05) is 25.1 Å². The average molecular weight is 251 g/mol. The van der Waals surface area contributed by atoms with Crippen molar-refractivity contribution in [2.75, 3.05) is 5.32 Å². The Kier molecular flexibility index (Phi) is 3.18. The Hall–Kier alpha value is -2.69. The van der Waals surface area contributed by atoms with Gasteiger partial charge in [0.25, 0.3) is 0 Å². The highest BCUT2D eigenvalue weighted by Crippen LogP contribution is 2.15. The van der Waals surface area contributed by atoms with Crippen LogP contribution in [0.3, 0.4) is 0 Å². The molecule has 5 nitrogen and oxygen atoms in total. The Morgan fingerprint density at radius 2 is 2.00 bits per heavy atom. The predicted octanol–water partition coefficient (Wildman–Crippen LogP) is 2.27. The summed E-state index contributed by atoms with van der Waals surface area (Å²) in [7, 11) is 0. The number of nitrogens with zero attached hydrogens (tertiary/aromatic N) is 4. The molecule has 0 aliphatic heterocycles. The van der Waals surface area contributed by atoms with Crippen LogP contribution in [0, 0.1) is 0 Å². The molecule has 0 fully saturated rings. The van der Waals surface area contributed by atoms with Gasteiger partial charge < -0.3 is 9.88 Å². The maximum Gasteiger partial charge on any atom is 0.129 e. The molecule has 0 saturated heterocycles. The van der Waals surface area contributed by atoms with Crippen LogP contribution in [0.25, 0.3) is 5.69 Å². The molecule has 0 spiro atoms. The third-order valence-electron chi connectivity index (χ3n) is 2.82. The van der Waals surface area contributed by atoms with Crippen LogP contribution in [0.1, 0.15) is 5.56 Å². The minimum Gasteiger partial charge on any atom is -0.366 e. The van der Waals surface area contributed by atoms with E-state index < -0.39 is 0 Å². The van der Waals surface area contributed by atoms with Gasteiger partial charge in [-0.25, -0.2) is 15.0 Å². The molecule has 2 aromatic heterocycles. The monoisotopic (exact) mass is 251 g/mol. The molecule has 3 rings (SSSR count). The van der Waals surface area contributed by atoms with Crippen LogP contribution in [0.15, 0.2) is 61.6 Å². The van der Waals surface area contributed by atoms with Crippen molar-refractivity contribution in [3.8, 4) is 5.69 Å². The first-order valence-electron chi connectivity index (χ1n) is 5.99. The molecule has 1 aromatic carbocycles. The van der Waals surface area contributed by atoms with Crippen molar-refractivity contribution in [3.63, 3.8) is 0 Å². The number of benzene rings is 1. The van der Waals surface area contributed by atoms with Gasteiger partial charge in [-0.05, 0) is 17.7 Å². The van der Waals surface area contributed by atoms with Crippen molar-refractivity contribution < 1.29 is 0 Å². The molecule has 0 radical (unpaired) electrons. The van der Waals surface area contributed by atoms with Gasteiger partial charge in [0.2, 0.25) is 0 Å². The Morgan fingerprint density at radius 1 is 1.05 bits per heavy atom. The molecule has 2 heterocycles. The van der Waals surface area contributed by atoms with E-state index >= 15 is 0 Å². The lowest BCUT2D eigenvalue weighted by Crippen LogP contribution is -2.05. The summed E-state index contributed by atoms with van der Waals surface area (Å²) in [4.78, 5) is 12.1. The Bertz CT molecular complexity index is 634. The summed E-state index contributed by atoms with van der Waals surface area (Å²) in [6.07, 6.45) is 8.75. The van der Waals surface area contributed by atoms with Gasteiger partial charge in [-0.2, -0.15) is 0 Å². The Morgan fingerprint density at radius 3 is 2.79 bits per heavy atom. The van der Waals surface area contributed by atoms with Crippen LogP contribution >= 0.6 is 0 Å². The van der Waals surface area contributed by atoms with E-state index in [-0.39, 0.29) is 0 Å². The zero-order chi connectivity index (χ0) is 12.9. The number of aromatic nitrogens is 4. The molecule has 94 valence electrons. The zero-order valence-corrected chi connectivity index (χ0v) is 10.3. The highest BCUT2D eigenvalue weighted by molar-refractivity contribution is 5.43. The van der Waals surface area contributed by atoms with Crippen molar-refractivity contribution in [1.82, 2.24) is 19.5 Å². The third kappa shape index (κ3) is 2.60. The highest BCUT2D eigenvalue weighted by atomic mass is 15.0. The van der Waals surface area contributed by atoms with Crippen molar-refractivity contribution in [2.45, 2.75) is 6.54 Å². The van der Waals surface area contributed by atoms with E-state index in [0.717, 1.165) is 11.5 Å². The number of hydrogen-bond donors (Lipinski definition) is 1. The predicted molar refractivity (Wildman–Crippen MR) is 72.9 cm³/mol. The fourth-order valence-electron chi connectivity index (χ4n) is 1.89. The highest BCUT2D eigenvalue weighted by Gasteiger charge is 2.03. The topological polar surface area (TPSA) is 55.6 Å². The fraction of sp³-hybridized carbons (Fsp3) is 0.0714. The lowest BCUT2D eigenvalue weighted by molar-refractivity contribution is 0.999. The Labute approximate surface area is 111 Å². The van der Waals surface area contributed by atoms with Gasteiger partial charge in [-0.3, -0.25) is 0 Å². The van der Waals surface area contributed by atoms with E-state index in [2.05, 4.69) is 32.4 Å². The summed E-state index contributed by atoms with van der Waals surface area (Å²) in [5.74, 6) is 0.815. The molecular formula is C14H13N5. The van der Waals surface area contributed by atoms with Gasteiger partial charge in [0.15, 0.2) is 0 Å². The van der Waals surface area contributed by atoms with E-state index in [9.17, 15) is 0 Å². The smallest absolute Gasteiger partial charge is 0.129 e. The van der Waals surface area contributed by atoms with Crippen molar-refractivity contribution in [2.24, 2.45) is 0 Å². The molecule has 5 heteroatoms. The van der Waals surface area contributed by atoms with Gasteiger partial charge in [-0.15, -0.1) is 0 Å². The first-order chi connectivity index (χ1) is 9.43. The molecule has 1 N–H and O–H groups in total. The molecule has 0 aliphatic carbocycles. The van der Waals surface area contributed by atoms with Crippen molar-refractivity contribution in [3.05, 3.63) is 67.1 Å². The van der Waals surface area contributed by atoms with Crippen LogP contribution in [0.2, 0.25) is 0 Å². The summed E-state index contributed by atoms with van der Waals surface area (Å²) in [6.45, 7) is 0.700.